The summed E-state index contributed by atoms with van der Waals surface area (Å²) in [6, 6.07) is 13.2. The van der Waals surface area contributed by atoms with Crippen molar-refractivity contribution < 1.29 is 9.13 Å². The third-order valence-electron chi connectivity index (χ3n) is 2.44. The fraction of sp³-hybridized carbons (Fsp3) is 0.0714. The Morgan fingerprint density at radius 3 is 2.67 bits per heavy atom. The van der Waals surface area contributed by atoms with E-state index in [-0.39, 0.29) is 18.3 Å². The average molecular weight is 244 g/mol. The molecule has 0 aliphatic heterocycles. The predicted molar refractivity (Wildman–Crippen MR) is 68.2 cm³/mol. The van der Waals surface area contributed by atoms with E-state index in [0.717, 1.165) is 5.56 Å². The zero-order chi connectivity index (χ0) is 13.0. The molecule has 0 aromatic heterocycles. The maximum Gasteiger partial charge on any atom is 0.123 e. The molecule has 0 radical (unpaired) electrons. The van der Waals surface area contributed by atoms with E-state index < -0.39 is 0 Å². The van der Waals surface area contributed by atoms with Gasteiger partial charge in [-0.15, -0.1) is 0 Å². The SMILES string of the molecule is N=C(N)c1cccc(OCc2cccc(F)c2)c1. The number of amidine groups is 1. The maximum atomic E-state index is 13.0. The van der Waals surface area contributed by atoms with E-state index in [2.05, 4.69) is 0 Å². The summed E-state index contributed by atoms with van der Waals surface area (Å²) in [5.74, 6) is 0.312. The Morgan fingerprint density at radius 2 is 1.94 bits per heavy atom. The molecule has 0 spiro atoms. The molecular weight excluding hydrogens is 231 g/mol. The first-order chi connectivity index (χ1) is 8.65. The predicted octanol–water partition coefficient (Wildman–Crippen LogP) is 2.69. The molecule has 2 aromatic rings. The monoisotopic (exact) mass is 244 g/mol. The van der Waals surface area contributed by atoms with Crippen molar-refractivity contribution in [2.75, 3.05) is 0 Å². The number of nitrogen functional groups attached to an aromatic ring is 1. The molecule has 0 amide bonds. The summed E-state index contributed by atoms with van der Waals surface area (Å²) in [5.41, 5.74) is 6.74. The summed E-state index contributed by atoms with van der Waals surface area (Å²) in [6.07, 6.45) is 0. The number of rotatable bonds is 4. The van der Waals surface area contributed by atoms with Gasteiger partial charge in [-0.1, -0.05) is 24.3 Å². The van der Waals surface area contributed by atoms with Gasteiger partial charge in [0.15, 0.2) is 0 Å². The van der Waals surface area contributed by atoms with Crippen LogP contribution in [0.3, 0.4) is 0 Å². The summed E-state index contributed by atoms with van der Waals surface area (Å²) < 4.78 is 18.5. The first kappa shape index (κ1) is 12.1. The fourth-order valence-corrected chi connectivity index (χ4v) is 1.55. The highest BCUT2D eigenvalue weighted by Crippen LogP contribution is 2.15. The van der Waals surface area contributed by atoms with Crippen LogP contribution in [-0.2, 0) is 6.61 Å². The Labute approximate surface area is 105 Å². The maximum absolute atomic E-state index is 13.0. The van der Waals surface area contributed by atoms with Crippen molar-refractivity contribution >= 4 is 5.84 Å². The van der Waals surface area contributed by atoms with E-state index in [1.54, 1.807) is 36.4 Å². The van der Waals surface area contributed by atoms with Crippen LogP contribution in [0.4, 0.5) is 4.39 Å². The van der Waals surface area contributed by atoms with Crippen LogP contribution in [0.2, 0.25) is 0 Å². The molecule has 0 unspecified atom stereocenters. The van der Waals surface area contributed by atoms with Gasteiger partial charge in [-0.25, -0.2) is 4.39 Å². The summed E-state index contributed by atoms with van der Waals surface area (Å²) in [6.45, 7) is 0.277. The van der Waals surface area contributed by atoms with E-state index >= 15 is 0 Å². The van der Waals surface area contributed by atoms with Gasteiger partial charge in [0.1, 0.15) is 24.0 Å². The minimum Gasteiger partial charge on any atom is -0.489 e. The number of benzene rings is 2. The van der Waals surface area contributed by atoms with Crippen LogP contribution in [-0.4, -0.2) is 5.84 Å². The van der Waals surface area contributed by atoms with Gasteiger partial charge in [0.25, 0.3) is 0 Å². The summed E-state index contributed by atoms with van der Waals surface area (Å²) in [5, 5.41) is 7.33. The largest absolute Gasteiger partial charge is 0.489 e. The van der Waals surface area contributed by atoms with Crippen LogP contribution in [0, 0.1) is 11.2 Å². The Morgan fingerprint density at radius 1 is 1.17 bits per heavy atom. The number of nitrogens with one attached hydrogen (secondary N) is 1. The summed E-state index contributed by atoms with van der Waals surface area (Å²) in [7, 11) is 0. The van der Waals surface area contributed by atoms with Crippen molar-refractivity contribution in [1.82, 2.24) is 0 Å². The zero-order valence-corrected chi connectivity index (χ0v) is 9.69. The minimum atomic E-state index is -0.284. The second-order valence-electron chi connectivity index (χ2n) is 3.86. The topological polar surface area (TPSA) is 59.1 Å². The lowest BCUT2D eigenvalue weighted by molar-refractivity contribution is 0.305. The highest BCUT2D eigenvalue weighted by Gasteiger charge is 2.00. The molecule has 0 fully saturated rings. The van der Waals surface area contributed by atoms with Gasteiger partial charge in [0.05, 0.1) is 0 Å². The minimum absolute atomic E-state index is 0.00814. The molecule has 2 rings (SSSR count). The van der Waals surface area contributed by atoms with E-state index in [4.69, 9.17) is 15.9 Å². The van der Waals surface area contributed by atoms with Crippen LogP contribution < -0.4 is 10.5 Å². The molecule has 3 N–H and O–H groups in total. The molecule has 2 aromatic carbocycles. The van der Waals surface area contributed by atoms with Crippen LogP contribution >= 0.6 is 0 Å². The van der Waals surface area contributed by atoms with Crippen molar-refractivity contribution in [3.05, 3.63) is 65.5 Å². The molecule has 0 bridgehead atoms. The van der Waals surface area contributed by atoms with Gasteiger partial charge in [0.2, 0.25) is 0 Å². The Kier molecular flexibility index (Phi) is 3.57. The van der Waals surface area contributed by atoms with E-state index in [1.165, 1.54) is 12.1 Å². The third kappa shape index (κ3) is 3.07. The number of nitrogens with two attached hydrogens (primary N) is 1. The smallest absolute Gasteiger partial charge is 0.123 e. The fourth-order valence-electron chi connectivity index (χ4n) is 1.55. The average Bonchev–Trinajstić information content (AvgIpc) is 2.37. The lowest BCUT2D eigenvalue weighted by Crippen LogP contribution is -2.10. The molecule has 0 aliphatic carbocycles. The van der Waals surface area contributed by atoms with E-state index in [1.807, 2.05) is 0 Å². The first-order valence-corrected chi connectivity index (χ1v) is 5.47. The van der Waals surface area contributed by atoms with Crippen molar-refractivity contribution in [1.29, 1.82) is 5.41 Å². The van der Waals surface area contributed by atoms with Gasteiger partial charge < -0.3 is 10.5 Å². The molecule has 0 aliphatic rings. The lowest BCUT2D eigenvalue weighted by atomic mass is 10.2. The van der Waals surface area contributed by atoms with Crippen molar-refractivity contribution in [3.8, 4) is 5.75 Å². The normalized spacial score (nSPS) is 10.1. The van der Waals surface area contributed by atoms with Gasteiger partial charge in [-0.2, -0.15) is 0 Å². The van der Waals surface area contributed by atoms with Crippen molar-refractivity contribution in [2.24, 2.45) is 5.73 Å². The third-order valence-corrected chi connectivity index (χ3v) is 2.44. The molecule has 18 heavy (non-hydrogen) atoms. The number of hydrogen-bond acceptors (Lipinski definition) is 2. The zero-order valence-electron chi connectivity index (χ0n) is 9.69. The van der Waals surface area contributed by atoms with Crippen molar-refractivity contribution in [3.63, 3.8) is 0 Å². The second kappa shape index (κ2) is 5.31. The van der Waals surface area contributed by atoms with Gasteiger partial charge in [-0.3, -0.25) is 5.41 Å². The quantitative estimate of drug-likeness (QED) is 0.641. The second-order valence-corrected chi connectivity index (χ2v) is 3.86. The van der Waals surface area contributed by atoms with Crippen LogP contribution in [0.25, 0.3) is 0 Å². The van der Waals surface area contributed by atoms with Gasteiger partial charge in [-0.05, 0) is 29.8 Å². The number of halogens is 1. The van der Waals surface area contributed by atoms with Gasteiger partial charge >= 0.3 is 0 Å². The summed E-state index contributed by atoms with van der Waals surface area (Å²) >= 11 is 0. The van der Waals surface area contributed by atoms with E-state index in [9.17, 15) is 4.39 Å². The lowest BCUT2D eigenvalue weighted by Gasteiger charge is -2.07. The van der Waals surface area contributed by atoms with E-state index in [0.29, 0.717) is 11.3 Å². The standard InChI is InChI=1S/C14H13FN2O/c15-12-5-1-3-10(7-12)9-18-13-6-2-4-11(8-13)14(16)17/h1-8H,9H2,(H3,16,17). The van der Waals surface area contributed by atoms with Crippen molar-refractivity contribution in [2.45, 2.75) is 6.61 Å². The highest BCUT2D eigenvalue weighted by molar-refractivity contribution is 5.95. The Bertz CT molecular complexity index is 569. The van der Waals surface area contributed by atoms with Gasteiger partial charge in [0, 0.05) is 5.56 Å². The molecule has 3 nitrogen and oxygen atoms in total. The van der Waals surface area contributed by atoms with Crippen LogP contribution in [0.15, 0.2) is 48.5 Å². The summed E-state index contributed by atoms with van der Waals surface area (Å²) in [4.78, 5) is 0. The molecule has 0 saturated carbocycles. The molecule has 4 heteroatoms. The first-order valence-electron chi connectivity index (χ1n) is 5.47. The molecule has 0 saturated heterocycles. The number of ether oxygens (including phenoxy) is 1. The van der Waals surface area contributed by atoms with Crippen LogP contribution in [0.5, 0.6) is 5.75 Å². The Balaban J connectivity index is 2.06. The number of hydrogen-bond donors (Lipinski definition) is 2. The molecule has 0 heterocycles. The molecule has 0 atom stereocenters. The molecular formula is C14H13FN2O. The molecule has 92 valence electrons. The Hall–Kier alpha value is -2.36. The van der Waals surface area contributed by atoms with Crippen LogP contribution in [0.1, 0.15) is 11.1 Å². The highest BCUT2D eigenvalue weighted by atomic mass is 19.1.